The molecule has 138 valence electrons. The Labute approximate surface area is 164 Å². The third-order valence-corrected chi connectivity index (χ3v) is 5.22. The number of nitrogens with one attached hydrogen (secondary N) is 1. The quantitative estimate of drug-likeness (QED) is 0.834. The fraction of sp³-hybridized carbons (Fsp3) is 0.350. The number of piperazine rings is 1. The van der Waals surface area contributed by atoms with Gasteiger partial charge in [0.25, 0.3) is 0 Å². The number of benzene rings is 2. The third-order valence-electron chi connectivity index (χ3n) is 4.59. The molecule has 1 heterocycles. The molecule has 2 aromatic carbocycles. The van der Waals surface area contributed by atoms with Crippen LogP contribution in [-0.2, 0) is 11.3 Å². The summed E-state index contributed by atoms with van der Waals surface area (Å²) >= 11 is 12.2. The van der Waals surface area contributed by atoms with E-state index in [1.807, 2.05) is 0 Å². The first-order valence-electron chi connectivity index (χ1n) is 8.75. The summed E-state index contributed by atoms with van der Waals surface area (Å²) in [6.07, 6.45) is 0. The zero-order valence-corrected chi connectivity index (χ0v) is 16.4. The molecular weight excluding hydrogens is 369 g/mol. The van der Waals surface area contributed by atoms with E-state index in [0.29, 0.717) is 22.3 Å². The van der Waals surface area contributed by atoms with Crippen LogP contribution in [0.4, 0.5) is 5.69 Å². The molecule has 2 aromatic rings. The summed E-state index contributed by atoms with van der Waals surface area (Å²) < 4.78 is 0. The average Bonchev–Trinajstić information content (AvgIpc) is 2.62. The van der Waals surface area contributed by atoms with E-state index in [0.717, 1.165) is 32.7 Å². The Morgan fingerprint density at radius 2 is 1.54 bits per heavy atom. The molecule has 0 atom stereocenters. The van der Waals surface area contributed by atoms with Crippen molar-refractivity contribution in [1.29, 1.82) is 0 Å². The maximum absolute atomic E-state index is 12.3. The zero-order valence-electron chi connectivity index (χ0n) is 14.8. The van der Waals surface area contributed by atoms with Gasteiger partial charge in [0.1, 0.15) is 0 Å². The van der Waals surface area contributed by atoms with Crippen LogP contribution >= 0.6 is 23.2 Å². The number of aryl methyl sites for hydroxylation is 1. The molecule has 6 heteroatoms. The van der Waals surface area contributed by atoms with Crippen molar-refractivity contribution in [3.05, 3.63) is 63.6 Å². The number of rotatable bonds is 5. The van der Waals surface area contributed by atoms with Crippen molar-refractivity contribution in [2.45, 2.75) is 13.5 Å². The van der Waals surface area contributed by atoms with E-state index in [2.05, 4.69) is 46.3 Å². The van der Waals surface area contributed by atoms with Gasteiger partial charge in [-0.3, -0.25) is 14.6 Å². The van der Waals surface area contributed by atoms with Gasteiger partial charge in [0.05, 0.1) is 22.3 Å². The van der Waals surface area contributed by atoms with E-state index >= 15 is 0 Å². The lowest BCUT2D eigenvalue weighted by atomic mass is 10.1. The van der Waals surface area contributed by atoms with E-state index in [-0.39, 0.29) is 5.91 Å². The van der Waals surface area contributed by atoms with Crippen LogP contribution in [0.15, 0.2) is 42.5 Å². The van der Waals surface area contributed by atoms with Gasteiger partial charge in [-0.25, -0.2) is 0 Å². The van der Waals surface area contributed by atoms with Gasteiger partial charge in [-0.2, -0.15) is 0 Å². The first-order valence-corrected chi connectivity index (χ1v) is 9.51. The lowest BCUT2D eigenvalue weighted by Gasteiger charge is -2.34. The van der Waals surface area contributed by atoms with Crippen molar-refractivity contribution in [1.82, 2.24) is 9.80 Å². The Bertz CT molecular complexity index is 736. The molecule has 1 saturated heterocycles. The van der Waals surface area contributed by atoms with Gasteiger partial charge in [-0.05, 0) is 24.6 Å². The molecular formula is C20H23Cl2N3O. The van der Waals surface area contributed by atoms with E-state index in [4.69, 9.17) is 23.2 Å². The monoisotopic (exact) mass is 391 g/mol. The van der Waals surface area contributed by atoms with Crippen LogP contribution in [0.2, 0.25) is 10.0 Å². The van der Waals surface area contributed by atoms with Crippen LogP contribution in [0, 0.1) is 6.92 Å². The normalized spacial score (nSPS) is 15.8. The summed E-state index contributed by atoms with van der Waals surface area (Å²) in [5.41, 5.74) is 3.09. The third kappa shape index (κ3) is 5.21. The highest BCUT2D eigenvalue weighted by molar-refractivity contribution is 6.39. The van der Waals surface area contributed by atoms with Gasteiger partial charge in [0.2, 0.25) is 5.91 Å². The number of hydrogen-bond acceptors (Lipinski definition) is 3. The summed E-state index contributed by atoms with van der Waals surface area (Å²) in [6.45, 7) is 7.05. The van der Waals surface area contributed by atoms with Gasteiger partial charge < -0.3 is 5.32 Å². The topological polar surface area (TPSA) is 35.6 Å². The van der Waals surface area contributed by atoms with Crippen molar-refractivity contribution in [3.8, 4) is 0 Å². The molecule has 26 heavy (non-hydrogen) atoms. The Morgan fingerprint density at radius 1 is 0.962 bits per heavy atom. The summed E-state index contributed by atoms with van der Waals surface area (Å²) in [5, 5.41) is 3.73. The first-order chi connectivity index (χ1) is 12.5. The molecule has 0 saturated carbocycles. The number of carbonyl (C=O) groups is 1. The highest BCUT2D eigenvalue weighted by Gasteiger charge is 2.20. The zero-order chi connectivity index (χ0) is 18.5. The number of carbonyl (C=O) groups excluding carboxylic acids is 1. The molecule has 0 aliphatic carbocycles. The van der Waals surface area contributed by atoms with Crippen LogP contribution in [-0.4, -0.2) is 48.4 Å². The van der Waals surface area contributed by atoms with Crippen LogP contribution in [0.5, 0.6) is 0 Å². The van der Waals surface area contributed by atoms with Gasteiger partial charge in [0.15, 0.2) is 0 Å². The first kappa shape index (κ1) is 19.2. The Kier molecular flexibility index (Phi) is 6.54. The maximum Gasteiger partial charge on any atom is 0.238 e. The fourth-order valence-corrected chi connectivity index (χ4v) is 3.55. The molecule has 1 amide bonds. The van der Waals surface area contributed by atoms with Crippen LogP contribution < -0.4 is 5.32 Å². The molecule has 1 N–H and O–H groups in total. The number of nitrogens with zero attached hydrogens (tertiary/aromatic N) is 2. The van der Waals surface area contributed by atoms with Crippen molar-refractivity contribution in [2.24, 2.45) is 0 Å². The van der Waals surface area contributed by atoms with Crippen molar-refractivity contribution < 1.29 is 4.79 Å². The second-order valence-electron chi connectivity index (χ2n) is 6.68. The second kappa shape index (κ2) is 8.87. The standard InChI is InChI=1S/C20H23Cl2N3O/c1-15-5-7-16(8-6-15)13-24-9-11-25(12-10-24)14-19(26)23-20-17(21)3-2-4-18(20)22/h2-8H,9-14H2,1H3,(H,23,26). The number of amides is 1. The van der Waals surface area contributed by atoms with E-state index in [9.17, 15) is 4.79 Å². The SMILES string of the molecule is Cc1ccc(CN2CCN(CC(=O)Nc3c(Cl)cccc3Cl)CC2)cc1. The molecule has 1 fully saturated rings. The van der Waals surface area contributed by atoms with Crippen LogP contribution in [0.3, 0.4) is 0 Å². The number of para-hydroxylation sites is 1. The maximum atomic E-state index is 12.3. The van der Waals surface area contributed by atoms with Gasteiger partial charge >= 0.3 is 0 Å². The van der Waals surface area contributed by atoms with Crippen molar-refractivity contribution in [2.75, 3.05) is 38.0 Å². The molecule has 0 aromatic heterocycles. The number of anilines is 1. The van der Waals surface area contributed by atoms with E-state index < -0.39 is 0 Å². The van der Waals surface area contributed by atoms with Crippen LogP contribution in [0.25, 0.3) is 0 Å². The Balaban J connectivity index is 1.46. The number of halogens is 2. The van der Waals surface area contributed by atoms with Gasteiger partial charge in [-0.15, -0.1) is 0 Å². The van der Waals surface area contributed by atoms with Crippen LogP contribution in [0.1, 0.15) is 11.1 Å². The highest BCUT2D eigenvalue weighted by Crippen LogP contribution is 2.29. The summed E-state index contributed by atoms with van der Waals surface area (Å²) in [4.78, 5) is 16.9. The number of hydrogen-bond donors (Lipinski definition) is 1. The molecule has 0 unspecified atom stereocenters. The molecule has 0 radical (unpaired) electrons. The molecule has 0 spiro atoms. The molecule has 0 bridgehead atoms. The average molecular weight is 392 g/mol. The Hall–Kier alpha value is -1.59. The highest BCUT2D eigenvalue weighted by atomic mass is 35.5. The molecule has 3 rings (SSSR count). The summed E-state index contributed by atoms with van der Waals surface area (Å²) in [7, 11) is 0. The van der Waals surface area contributed by atoms with Crippen molar-refractivity contribution in [3.63, 3.8) is 0 Å². The fourth-order valence-electron chi connectivity index (χ4n) is 3.06. The minimum atomic E-state index is -0.0908. The van der Waals surface area contributed by atoms with Gasteiger partial charge in [-0.1, -0.05) is 59.1 Å². The molecule has 1 aliphatic heterocycles. The predicted molar refractivity (Wildman–Crippen MR) is 108 cm³/mol. The smallest absolute Gasteiger partial charge is 0.238 e. The summed E-state index contributed by atoms with van der Waals surface area (Å²) in [5.74, 6) is -0.0908. The second-order valence-corrected chi connectivity index (χ2v) is 7.50. The van der Waals surface area contributed by atoms with Gasteiger partial charge in [0, 0.05) is 32.7 Å². The lowest BCUT2D eigenvalue weighted by Crippen LogP contribution is -2.48. The lowest BCUT2D eigenvalue weighted by molar-refractivity contribution is -0.117. The molecule has 4 nitrogen and oxygen atoms in total. The van der Waals surface area contributed by atoms with Crippen molar-refractivity contribution >= 4 is 34.8 Å². The van der Waals surface area contributed by atoms with E-state index in [1.54, 1.807) is 18.2 Å². The largest absolute Gasteiger partial charge is 0.322 e. The minimum absolute atomic E-state index is 0.0908. The Morgan fingerprint density at radius 3 is 2.15 bits per heavy atom. The minimum Gasteiger partial charge on any atom is -0.322 e. The molecule has 1 aliphatic rings. The predicted octanol–water partition coefficient (Wildman–Crippen LogP) is 4.06. The summed E-state index contributed by atoms with van der Waals surface area (Å²) in [6, 6.07) is 13.9. The van der Waals surface area contributed by atoms with E-state index in [1.165, 1.54) is 11.1 Å².